The van der Waals surface area contributed by atoms with Crippen LogP contribution in [0.4, 0.5) is 10.1 Å². The molecule has 1 saturated heterocycles. The summed E-state index contributed by atoms with van der Waals surface area (Å²) < 4.78 is 19.6. The van der Waals surface area contributed by atoms with Gasteiger partial charge in [0.25, 0.3) is 0 Å². The monoisotopic (exact) mass is 238 g/mol. The second kappa shape index (κ2) is 4.63. The molecule has 0 aromatic heterocycles. The van der Waals surface area contributed by atoms with Gasteiger partial charge < -0.3 is 15.4 Å². The number of hydrogen-bond donors (Lipinski definition) is 1. The molecule has 1 heterocycles. The van der Waals surface area contributed by atoms with Crippen molar-refractivity contribution in [3.05, 3.63) is 29.6 Å². The lowest BCUT2D eigenvalue weighted by Crippen LogP contribution is -2.49. The summed E-state index contributed by atoms with van der Waals surface area (Å²) >= 11 is 0. The molecule has 0 unspecified atom stereocenters. The molecule has 4 heteroatoms. The minimum Gasteiger partial charge on any atom is -0.372 e. The van der Waals surface area contributed by atoms with E-state index in [1.165, 1.54) is 6.07 Å². The second-order valence-electron chi connectivity index (χ2n) is 4.98. The van der Waals surface area contributed by atoms with Crippen molar-refractivity contribution in [3.8, 4) is 0 Å². The third kappa shape index (κ3) is 2.58. The average molecular weight is 238 g/mol. The van der Waals surface area contributed by atoms with Crippen molar-refractivity contribution < 1.29 is 9.13 Å². The summed E-state index contributed by atoms with van der Waals surface area (Å²) in [5, 5.41) is 0. The summed E-state index contributed by atoms with van der Waals surface area (Å²) in [4.78, 5) is 2.03. The molecule has 0 radical (unpaired) electrons. The van der Waals surface area contributed by atoms with E-state index in [0.29, 0.717) is 31.9 Å². The first-order valence-electron chi connectivity index (χ1n) is 5.90. The quantitative estimate of drug-likeness (QED) is 0.855. The lowest BCUT2D eigenvalue weighted by Gasteiger charge is -2.40. The molecule has 1 aromatic rings. The van der Waals surface area contributed by atoms with Gasteiger partial charge in [0, 0.05) is 19.6 Å². The number of ether oxygens (including phenoxy) is 1. The van der Waals surface area contributed by atoms with Gasteiger partial charge in [0.05, 0.1) is 17.9 Å². The van der Waals surface area contributed by atoms with Crippen molar-refractivity contribution in [2.24, 2.45) is 5.73 Å². The summed E-state index contributed by atoms with van der Waals surface area (Å²) in [7, 11) is 0. The lowest BCUT2D eigenvalue weighted by molar-refractivity contribution is -0.0278. The molecule has 2 N–H and O–H groups in total. The van der Waals surface area contributed by atoms with E-state index in [0.717, 1.165) is 5.56 Å². The van der Waals surface area contributed by atoms with Gasteiger partial charge in [0.2, 0.25) is 0 Å². The summed E-state index contributed by atoms with van der Waals surface area (Å²) in [6.45, 7) is 6.39. The Balaban J connectivity index is 2.33. The van der Waals surface area contributed by atoms with Crippen LogP contribution in [0, 0.1) is 5.82 Å². The largest absolute Gasteiger partial charge is 0.372 e. The number of para-hydroxylation sites is 1. The van der Waals surface area contributed by atoms with E-state index in [-0.39, 0.29) is 11.4 Å². The van der Waals surface area contributed by atoms with Gasteiger partial charge in [-0.25, -0.2) is 4.39 Å². The number of morpholine rings is 1. The van der Waals surface area contributed by atoms with E-state index in [9.17, 15) is 4.39 Å². The molecule has 1 aliphatic rings. The normalized spacial score (nSPS) is 19.4. The molecule has 2 rings (SSSR count). The van der Waals surface area contributed by atoms with Crippen LogP contribution in [0.25, 0.3) is 0 Å². The number of rotatable bonds is 2. The third-order valence-corrected chi connectivity index (χ3v) is 3.03. The molecule has 0 atom stereocenters. The third-order valence-electron chi connectivity index (χ3n) is 3.03. The van der Waals surface area contributed by atoms with Crippen molar-refractivity contribution in [1.29, 1.82) is 0 Å². The van der Waals surface area contributed by atoms with E-state index in [2.05, 4.69) is 0 Å². The predicted octanol–water partition coefficient (Wildman–Crippen LogP) is 1.90. The van der Waals surface area contributed by atoms with Gasteiger partial charge in [-0.3, -0.25) is 0 Å². The summed E-state index contributed by atoms with van der Waals surface area (Å²) in [5.74, 6) is -0.203. The number of benzene rings is 1. The summed E-state index contributed by atoms with van der Waals surface area (Å²) in [6, 6.07) is 5.06. The average Bonchev–Trinajstić information content (AvgIpc) is 2.27. The van der Waals surface area contributed by atoms with E-state index < -0.39 is 0 Å². The molecule has 0 aliphatic carbocycles. The fourth-order valence-electron chi connectivity index (χ4n) is 2.29. The minimum atomic E-state index is -0.244. The van der Waals surface area contributed by atoms with E-state index in [1.807, 2.05) is 24.8 Å². The molecule has 1 aliphatic heterocycles. The molecule has 1 fully saturated rings. The number of hydrogen-bond acceptors (Lipinski definition) is 3. The standard InChI is InChI=1S/C13H19FN2O/c1-13(2)9-16(6-7-17-13)12-10(8-15)4-3-5-11(12)14/h3-5H,6-9,15H2,1-2H3. The number of nitrogens with two attached hydrogens (primary N) is 1. The fourth-order valence-corrected chi connectivity index (χ4v) is 2.29. The fraction of sp³-hybridized carbons (Fsp3) is 0.538. The highest BCUT2D eigenvalue weighted by Gasteiger charge is 2.29. The van der Waals surface area contributed by atoms with Gasteiger partial charge >= 0.3 is 0 Å². The van der Waals surface area contributed by atoms with Crippen molar-refractivity contribution in [1.82, 2.24) is 0 Å². The Morgan fingerprint density at radius 3 is 2.88 bits per heavy atom. The van der Waals surface area contributed by atoms with Crippen LogP contribution in [0.2, 0.25) is 0 Å². The van der Waals surface area contributed by atoms with Gasteiger partial charge in [-0.05, 0) is 25.5 Å². The Labute approximate surface area is 101 Å². The Morgan fingerprint density at radius 2 is 2.24 bits per heavy atom. The Kier molecular flexibility index (Phi) is 3.35. The van der Waals surface area contributed by atoms with Crippen LogP contribution in [-0.4, -0.2) is 25.3 Å². The van der Waals surface area contributed by atoms with Gasteiger partial charge in [-0.2, -0.15) is 0 Å². The Hall–Kier alpha value is -1.13. The Morgan fingerprint density at radius 1 is 1.47 bits per heavy atom. The highest BCUT2D eigenvalue weighted by atomic mass is 19.1. The predicted molar refractivity (Wildman–Crippen MR) is 66.5 cm³/mol. The molecule has 17 heavy (non-hydrogen) atoms. The van der Waals surface area contributed by atoms with Crippen LogP contribution >= 0.6 is 0 Å². The molecule has 0 spiro atoms. The zero-order valence-corrected chi connectivity index (χ0v) is 10.4. The SMILES string of the molecule is CC1(C)CN(c2c(F)cccc2CN)CCO1. The van der Waals surface area contributed by atoms with Crippen molar-refractivity contribution in [2.75, 3.05) is 24.6 Å². The summed E-state index contributed by atoms with van der Waals surface area (Å²) in [5.41, 5.74) is 6.91. The van der Waals surface area contributed by atoms with Crippen molar-refractivity contribution in [2.45, 2.75) is 26.0 Å². The Bertz CT molecular complexity index is 406. The molecular weight excluding hydrogens is 219 g/mol. The van der Waals surface area contributed by atoms with Crippen molar-refractivity contribution >= 4 is 5.69 Å². The number of anilines is 1. The molecule has 3 nitrogen and oxygen atoms in total. The maximum absolute atomic E-state index is 13.9. The van der Waals surface area contributed by atoms with E-state index in [4.69, 9.17) is 10.5 Å². The van der Waals surface area contributed by atoms with Crippen LogP contribution in [0.5, 0.6) is 0 Å². The lowest BCUT2D eigenvalue weighted by atomic mass is 10.0. The topological polar surface area (TPSA) is 38.5 Å². The van der Waals surface area contributed by atoms with E-state index >= 15 is 0 Å². The van der Waals surface area contributed by atoms with Crippen LogP contribution in [0.15, 0.2) is 18.2 Å². The first-order valence-corrected chi connectivity index (χ1v) is 5.90. The smallest absolute Gasteiger partial charge is 0.146 e. The van der Waals surface area contributed by atoms with Gasteiger partial charge in [0.15, 0.2) is 0 Å². The first kappa shape index (κ1) is 12.3. The minimum absolute atomic E-state index is 0.203. The zero-order valence-electron chi connectivity index (χ0n) is 10.4. The summed E-state index contributed by atoms with van der Waals surface area (Å²) in [6.07, 6.45) is 0. The van der Waals surface area contributed by atoms with Gasteiger partial charge in [0.1, 0.15) is 5.82 Å². The molecular formula is C13H19FN2O. The van der Waals surface area contributed by atoms with E-state index in [1.54, 1.807) is 6.07 Å². The molecule has 0 amide bonds. The van der Waals surface area contributed by atoms with Crippen LogP contribution in [0.1, 0.15) is 19.4 Å². The second-order valence-corrected chi connectivity index (χ2v) is 4.98. The van der Waals surface area contributed by atoms with Crippen LogP contribution in [-0.2, 0) is 11.3 Å². The first-order chi connectivity index (χ1) is 8.03. The zero-order chi connectivity index (χ0) is 12.5. The molecule has 1 aromatic carbocycles. The number of nitrogens with zero attached hydrogens (tertiary/aromatic N) is 1. The maximum Gasteiger partial charge on any atom is 0.146 e. The number of halogens is 1. The maximum atomic E-state index is 13.9. The molecule has 0 saturated carbocycles. The van der Waals surface area contributed by atoms with Crippen LogP contribution < -0.4 is 10.6 Å². The van der Waals surface area contributed by atoms with Gasteiger partial charge in [-0.1, -0.05) is 12.1 Å². The molecule has 0 bridgehead atoms. The van der Waals surface area contributed by atoms with Crippen molar-refractivity contribution in [3.63, 3.8) is 0 Å². The molecule has 94 valence electrons. The highest BCUT2D eigenvalue weighted by Crippen LogP contribution is 2.28. The van der Waals surface area contributed by atoms with Gasteiger partial charge in [-0.15, -0.1) is 0 Å². The van der Waals surface area contributed by atoms with Crippen LogP contribution in [0.3, 0.4) is 0 Å². The highest BCUT2D eigenvalue weighted by molar-refractivity contribution is 5.55.